The smallest absolute Gasteiger partial charge is 0.244 e. The average molecular weight is 400 g/mol. The minimum absolute atomic E-state index is 0.0576. The van der Waals surface area contributed by atoms with Gasteiger partial charge in [0, 0.05) is 17.5 Å². The van der Waals surface area contributed by atoms with Gasteiger partial charge in [-0.25, -0.2) is 13.1 Å². The van der Waals surface area contributed by atoms with Gasteiger partial charge in [0.15, 0.2) is 4.67 Å². The maximum absolute atomic E-state index is 12.1. The molecular weight excluding hydrogens is 388 g/mol. The Morgan fingerprint density at radius 2 is 2.20 bits per heavy atom. The lowest BCUT2D eigenvalue weighted by Gasteiger charge is -2.03. The van der Waals surface area contributed by atoms with Crippen molar-refractivity contribution in [1.29, 1.82) is 0 Å². The third-order valence-electron chi connectivity index (χ3n) is 2.49. The van der Waals surface area contributed by atoms with Crippen LogP contribution < -0.4 is 10.5 Å². The van der Waals surface area contributed by atoms with Gasteiger partial charge in [-0.05, 0) is 34.5 Å². The molecule has 0 saturated carbocycles. The topological polar surface area (TPSA) is 85.3 Å². The summed E-state index contributed by atoms with van der Waals surface area (Å²) in [5.41, 5.74) is 5.41. The van der Waals surface area contributed by atoms with Crippen LogP contribution in [0.15, 0.2) is 32.2 Å². The Morgan fingerprint density at radius 3 is 2.75 bits per heavy atom. The van der Waals surface area contributed by atoms with Crippen LogP contribution in [-0.4, -0.2) is 15.0 Å². The van der Waals surface area contributed by atoms with Crippen LogP contribution in [0.25, 0.3) is 0 Å². The first kappa shape index (κ1) is 16.0. The highest BCUT2D eigenvalue weighted by molar-refractivity contribution is 9.10. The fraction of sp³-hybridized carbons (Fsp3) is 0.273. The normalized spacial score (nSPS) is 11.9. The molecule has 0 aromatic carbocycles. The predicted octanol–water partition coefficient (Wildman–Crippen LogP) is 2.74. The van der Waals surface area contributed by atoms with Crippen LogP contribution in [0, 0.1) is 0 Å². The molecule has 0 bridgehead atoms. The molecule has 9 heteroatoms. The number of thiophene rings is 1. The van der Waals surface area contributed by atoms with Gasteiger partial charge in [0.1, 0.15) is 10.7 Å². The first-order chi connectivity index (χ1) is 9.42. The third-order valence-corrected chi connectivity index (χ3v) is 6.10. The zero-order valence-corrected chi connectivity index (χ0v) is 14.2. The molecule has 0 aliphatic carbocycles. The van der Waals surface area contributed by atoms with Crippen molar-refractivity contribution >= 4 is 48.9 Å². The molecule has 3 N–H and O–H groups in total. The standard InChI is InChI=1S/C11H12BrClN2O3S2/c12-11-9(5-7(6-14)18-11)20(16,17)15-4-3-8-1-2-10(13)19-8/h1-2,5,15H,3-4,6,14H2. The van der Waals surface area contributed by atoms with Crippen LogP contribution in [-0.2, 0) is 23.0 Å². The van der Waals surface area contributed by atoms with Crippen molar-refractivity contribution < 1.29 is 12.8 Å². The van der Waals surface area contributed by atoms with Crippen LogP contribution >= 0.6 is 38.9 Å². The maximum atomic E-state index is 12.1. The van der Waals surface area contributed by atoms with Gasteiger partial charge < -0.3 is 10.2 Å². The fourth-order valence-electron chi connectivity index (χ4n) is 1.55. The number of nitrogens with two attached hydrogens (primary N) is 1. The molecule has 2 rings (SSSR count). The maximum Gasteiger partial charge on any atom is 0.244 e. The van der Waals surface area contributed by atoms with Crippen LogP contribution in [0.3, 0.4) is 0 Å². The molecule has 20 heavy (non-hydrogen) atoms. The van der Waals surface area contributed by atoms with Gasteiger partial charge >= 0.3 is 0 Å². The second-order valence-corrected chi connectivity index (χ2v) is 8.16. The van der Waals surface area contributed by atoms with E-state index in [-0.39, 0.29) is 22.7 Å². The lowest BCUT2D eigenvalue weighted by Crippen LogP contribution is -2.25. The predicted molar refractivity (Wildman–Crippen MR) is 82.5 cm³/mol. The highest BCUT2D eigenvalue weighted by Crippen LogP contribution is 2.26. The largest absolute Gasteiger partial charge is 0.452 e. The van der Waals surface area contributed by atoms with Crippen molar-refractivity contribution in [3.8, 4) is 0 Å². The van der Waals surface area contributed by atoms with Crippen molar-refractivity contribution in [2.45, 2.75) is 17.9 Å². The van der Waals surface area contributed by atoms with Gasteiger partial charge in [0.05, 0.1) is 10.9 Å². The average Bonchev–Trinajstić information content (AvgIpc) is 2.95. The Morgan fingerprint density at radius 1 is 1.45 bits per heavy atom. The molecule has 5 nitrogen and oxygen atoms in total. The molecular formula is C11H12BrClN2O3S2. The van der Waals surface area contributed by atoms with E-state index >= 15 is 0 Å². The van der Waals surface area contributed by atoms with Crippen LogP contribution in [0.1, 0.15) is 10.6 Å². The van der Waals surface area contributed by atoms with Gasteiger partial charge in [-0.1, -0.05) is 11.6 Å². The number of nitrogens with one attached hydrogen (secondary N) is 1. The third kappa shape index (κ3) is 3.84. The number of rotatable bonds is 6. The summed E-state index contributed by atoms with van der Waals surface area (Å²) in [6.07, 6.45) is 0.579. The lowest BCUT2D eigenvalue weighted by atomic mass is 10.3. The molecule has 110 valence electrons. The number of hydrogen-bond acceptors (Lipinski definition) is 5. The molecule has 0 aliphatic heterocycles. The molecule has 0 radical (unpaired) electrons. The molecule has 0 unspecified atom stereocenters. The SMILES string of the molecule is NCc1cc(S(=O)(=O)NCCc2ccc(Cl)s2)c(Br)o1. The Balaban J connectivity index is 2.01. The monoisotopic (exact) mass is 398 g/mol. The van der Waals surface area contributed by atoms with E-state index in [0.717, 1.165) is 4.88 Å². The van der Waals surface area contributed by atoms with E-state index in [1.165, 1.54) is 17.4 Å². The minimum Gasteiger partial charge on any atom is -0.452 e. The van der Waals surface area contributed by atoms with Crippen LogP contribution in [0.5, 0.6) is 0 Å². The summed E-state index contributed by atoms with van der Waals surface area (Å²) in [5, 5.41) is 0. The summed E-state index contributed by atoms with van der Waals surface area (Å²) in [6, 6.07) is 5.08. The van der Waals surface area contributed by atoms with Crippen molar-refractivity contribution in [1.82, 2.24) is 4.72 Å². The Kier molecular flexibility index (Phi) is 5.27. The van der Waals surface area contributed by atoms with Gasteiger partial charge in [-0.2, -0.15) is 0 Å². The molecule has 0 spiro atoms. The summed E-state index contributed by atoms with van der Waals surface area (Å²) in [4.78, 5) is 1.08. The number of hydrogen-bond donors (Lipinski definition) is 2. The first-order valence-electron chi connectivity index (χ1n) is 5.64. The van der Waals surface area contributed by atoms with E-state index in [0.29, 0.717) is 16.5 Å². The molecule has 2 heterocycles. The highest BCUT2D eigenvalue weighted by atomic mass is 79.9. The number of sulfonamides is 1. The Labute approximate surface area is 134 Å². The van der Waals surface area contributed by atoms with Crippen molar-refractivity contribution in [3.05, 3.63) is 37.8 Å². The molecule has 2 aromatic heterocycles. The molecule has 2 aromatic rings. The lowest BCUT2D eigenvalue weighted by molar-refractivity contribution is 0.483. The first-order valence-corrected chi connectivity index (χ1v) is 9.11. The summed E-state index contributed by atoms with van der Waals surface area (Å²) in [5.74, 6) is 0.405. The summed E-state index contributed by atoms with van der Waals surface area (Å²) in [7, 11) is -3.62. The Bertz CT molecular complexity index is 696. The second kappa shape index (κ2) is 6.59. The van der Waals surface area contributed by atoms with Gasteiger partial charge in [-0.3, -0.25) is 0 Å². The van der Waals surface area contributed by atoms with E-state index in [2.05, 4.69) is 20.7 Å². The molecule has 0 atom stereocenters. The van der Waals surface area contributed by atoms with E-state index < -0.39 is 10.0 Å². The van der Waals surface area contributed by atoms with E-state index in [1.54, 1.807) is 6.07 Å². The number of furan rings is 1. The Hall–Kier alpha value is -0.380. The van der Waals surface area contributed by atoms with Crippen molar-refractivity contribution in [2.75, 3.05) is 6.54 Å². The van der Waals surface area contributed by atoms with Gasteiger partial charge in [0.25, 0.3) is 0 Å². The molecule has 0 saturated heterocycles. The summed E-state index contributed by atoms with van der Waals surface area (Å²) in [6.45, 7) is 0.427. The molecule has 0 fully saturated rings. The summed E-state index contributed by atoms with van der Waals surface area (Å²) >= 11 is 10.3. The quantitative estimate of drug-likeness (QED) is 0.782. The van der Waals surface area contributed by atoms with Crippen LogP contribution in [0.2, 0.25) is 4.34 Å². The van der Waals surface area contributed by atoms with Crippen molar-refractivity contribution in [3.63, 3.8) is 0 Å². The van der Waals surface area contributed by atoms with Gasteiger partial charge in [0.2, 0.25) is 10.0 Å². The number of halogens is 2. The van der Waals surface area contributed by atoms with Crippen molar-refractivity contribution in [2.24, 2.45) is 5.73 Å². The minimum atomic E-state index is -3.62. The van der Waals surface area contributed by atoms with Crippen LogP contribution in [0.4, 0.5) is 0 Å². The zero-order valence-electron chi connectivity index (χ0n) is 10.2. The zero-order chi connectivity index (χ0) is 14.8. The molecule has 0 aliphatic rings. The van der Waals surface area contributed by atoms with E-state index in [1.807, 2.05) is 6.07 Å². The fourth-order valence-corrected chi connectivity index (χ4v) is 4.67. The van der Waals surface area contributed by atoms with Gasteiger partial charge in [-0.15, -0.1) is 11.3 Å². The van der Waals surface area contributed by atoms with E-state index in [9.17, 15) is 8.42 Å². The molecule has 0 amide bonds. The van der Waals surface area contributed by atoms with E-state index in [4.69, 9.17) is 21.8 Å². The summed E-state index contributed by atoms with van der Waals surface area (Å²) < 4.78 is 32.8. The highest BCUT2D eigenvalue weighted by Gasteiger charge is 2.21. The second-order valence-electron chi connectivity index (χ2n) is 3.91.